The van der Waals surface area contributed by atoms with Crippen LogP contribution >= 0.6 is 34.4 Å². The van der Waals surface area contributed by atoms with Crippen LogP contribution in [0.15, 0.2) is 4.34 Å². The van der Waals surface area contributed by atoms with Crippen LogP contribution in [0.3, 0.4) is 0 Å². The number of carbonyl (C=O) groups excluding carboxylic acids is 1. The van der Waals surface area contributed by atoms with Gasteiger partial charge in [0.2, 0.25) is 11.0 Å². The van der Waals surface area contributed by atoms with Crippen LogP contribution in [0.4, 0.5) is 10.1 Å². The molecule has 2 heterocycles. The van der Waals surface area contributed by atoms with E-state index in [1.807, 2.05) is 6.92 Å². The Labute approximate surface area is 152 Å². The zero-order valence-corrected chi connectivity index (χ0v) is 15.6. The number of aromatic nitrogens is 2. The van der Waals surface area contributed by atoms with Gasteiger partial charge in [0.1, 0.15) is 11.1 Å². The minimum Gasteiger partial charge on any atom is -0.374 e. The highest BCUT2D eigenvalue weighted by atomic mass is 32.2. The molecular formula is C15H17N5OS3. The molecule has 0 saturated carbocycles. The molecule has 1 aliphatic carbocycles. The molecule has 0 saturated heterocycles. The summed E-state index contributed by atoms with van der Waals surface area (Å²) in [5.74, 6) is -0.137. The fourth-order valence-corrected chi connectivity index (χ4v) is 5.66. The number of thiophene rings is 1. The van der Waals surface area contributed by atoms with Crippen molar-refractivity contribution in [2.75, 3.05) is 11.1 Å². The monoisotopic (exact) mass is 379 g/mol. The Kier molecular flexibility index (Phi) is 5.38. The van der Waals surface area contributed by atoms with Gasteiger partial charge in [-0.2, -0.15) is 5.26 Å². The Morgan fingerprint density at radius 1 is 1.33 bits per heavy atom. The lowest BCUT2D eigenvalue weighted by atomic mass is 10.1. The Hall–Kier alpha value is -1.63. The molecule has 2 aromatic heterocycles. The molecule has 3 N–H and O–H groups in total. The summed E-state index contributed by atoms with van der Waals surface area (Å²) in [4.78, 5) is 13.7. The van der Waals surface area contributed by atoms with E-state index >= 15 is 0 Å². The van der Waals surface area contributed by atoms with E-state index in [1.165, 1.54) is 34.4 Å². The highest BCUT2D eigenvalue weighted by Gasteiger charge is 2.23. The number of nitriles is 1. The first-order valence-electron chi connectivity index (χ1n) is 7.69. The van der Waals surface area contributed by atoms with Crippen molar-refractivity contribution in [2.24, 2.45) is 0 Å². The van der Waals surface area contributed by atoms with Gasteiger partial charge in [0.05, 0.1) is 10.8 Å². The van der Waals surface area contributed by atoms with E-state index in [0.717, 1.165) is 31.2 Å². The molecule has 1 atom stereocenters. The number of thioether (sulfide) groups is 1. The van der Waals surface area contributed by atoms with Crippen LogP contribution in [0.25, 0.3) is 0 Å². The fraction of sp³-hybridized carbons (Fsp3) is 0.467. The largest absolute Gasteiger partial charge is 0.374 e. The van der Waals surface area contributed by atoms with Crippen molar-refractivity contribution >= 4 is 50.5 Å². The Bertz CT molecular complexity index is 792. The fourth-order valence-electron chi connectivity index (χ4n) is 2.64. The molecule has 0 spiro atoms. The van der Waals surface area contributed by atoms with Gasteiger partial charge >= 0.3 is 0 Å². The van der Waals surface area contributed by atoms with Crippen LogP contribution in [0.5, 0.6) is 0 Å². The first kappa shape index (κ1) is 17.2. The van der Waals surface area contributed by atoms with Gasteiger partial charge in [-0.15, -0.1) is 21.5 Å². The highest BCUT2D eigenvalue weighted by Crippen LogP contribution is 2.37. The number of rotatable bonds is 4. The third-order valence-corrected chi connectivity index (χ3v) is 6.98. The number of anilines is 2. The second-order valence-electron chi connectivity index (χ2n) is 5.54. The number of aryl methyl sites for hydroxylation is 1. The maximum Gasteiger partial charge on any atom is 0.238 e. The van der Waals surface area contributed by atoms with Gasteiger partial charge in [-0.3, -0.25) is 4.79 Å². The minimum absolute atomic E-state index is 0.137. The molecule has 0 radical (unpaired) electrons. The van der Waals surface area contributed by atoms with Crippen LogP contribution in [-0.2, 0) is 17.6 Å². The van der Waals surface area contributed by atoms with Gasteiger partial charge in [0.25, 0.3) is 0 Å². The molecule has 126 valence electrons. The number of nitrogens with one attached hydrogen (secondary N) is 1. The quantitative estimate of drug-likeness (QED) is 0.623. The molecule has 1 unspecified atom stereocenters. The standard InChI is InChI=1S/C15H17N5OS3/c1-8(22-15-20-19-14(17)24-15)12(21)18-13-10(7-16)9-5-3-2-4-6-11(9)23-13/h8H,2-6H2,1H3,(H2,17,19)(H,18,21). The van der Waals surface area contributed by atoms with Crippen LogP contribution in [0.2, 0.25) is 0 Å². The van der Waals surface area contributed by atoms with Gasteiger partial charge < -0.3 is 11.1 Å². The molecule has 9 heteroatoms. The van der Waals surface area contributed by atoms with Crippen molar-refractivity contribution < 1.29 is 4.79 Å². The maximum atomic E-state index is 12.5. The third-order valence-electron chi connectivity index (χ3n) is 3.84. The average Bonchev–Trinajstić information content (AvgIpc) is 3.02. The number of nitrogens with zero attached hydrogens (tertiary/aromatic N) is 3. The second kappa shape index (κ2) is 7.51. The van der Waals surface area contributed by atoms with E-state index < -0.39 is 0 Å². The predicted octanol–water partition coefficient (Wildman–Crippen LogP) is 3.44. The van der Waals surface area contributed by atoms with Crippen LogP contribution in [0, 0.1) is 11.3 Å². The lowest BCUT2D eigenvalue weighted by Gasteiger charge is -2.09. The number of fused-ring (bicyclic) bond motifs is 1. The third kappa shape index (κ3) is 3.71. The first-order valence-corrected chi connectivity index (χ1v) is 10.2. The number of carbonyl (C=O) groups is 1. The molecule has 0 bridgehead atoms. The number of hydrogen-bond acceptors (Lipinski definition) is 8. The van der Waals surface area contributed by atoms with Crippen molar-refractivity contribution in [1.29, 1.82) is 5.26 Å². The van der Waals surface area contributed by atoms with E-state index in [-0.39, 0.29) is 11.2 Å². The molecule has 0 aliphatic heterocycles. The first-order chi connectivity index (χ1) is 11.6. The van der Waals surface area contributed by atoms with Crippen molar-refractivity contribution in [3.05, 3.63) is 16.0 Å². The lowest BCUT2D eigenvalue weighted by molar-refractivity contribution is -0.115. The number of nitrogens with two attached hydrogens (primary N) is 1. The predicted molar refractivity (Wildman–Crippen MR) is 98.6 cm³/mol. The van der Waals surface area contributed by atoms with Gasteiger partial charge in [-0.25, -0.2) is 0 Å². The zero-order valence-electron chi connectivity index (χ0n) is 13.2. The van der Waals surface area contributed by atoms with E-state index in [1.54, 1.807) is 11.3 Å². The molecule has 1 amide bonds. The number of nitrogen functional groups attached to an aromatic ring is 1. The summed E-state index contributed by atoms with van der Waals surface area (Å²) in [6, 6.07) is 2.28. The summed E-state index contributed by atoms with van der Waals surface area (Å²) in [7, 11) is 0. The Morgan fingerprint density at radius 2 is 2.12 bits per heavy atom. The van der Waals surface area contributed by atoms with E-state index in [9.17, 15) is 10.1 Å². The number of hydrogen-bond donors (Lipinski definition) is 2. The normalized spacial score (nSPS) is 15.2. The van der Waals surface area contributed by atoms with Crippen LogP contribution in [-0.4, -0.2) is 21.4 Å². The molecular weight excluding hydrogens is 362 g/mol. The molecule has 0 fully saturated rings. The summed E-state index contributed by atoms with van der Waals surface area (Å²) in [6.07, 6.45) is 5.39. The summed E-state index contributed by atoms with van der Waals surface area (Å²) in [6.45, 7) is 1.81. The van der Waals surface area contributed by atoms with Gasteiger partial charge in [0.15, 0.2) is 4.34 Å². The zero-order chi connectivity index (χ0) is 17.1. The van der Waals surface area contributed by atoms with Crippen LogP contribution < -0.4 is 11.1 Å². The average molecular weight is 380 g/mol. The van der Waals surface area contributed by atoms with E-state index in [4.69, 9.17) is 5.73 Å². The van der Waals surface area contributed by atoms with E-state index in [2.05, 4.69) is 21.6 Å². The maximum absolute atomic E-state index is 12.5. The summed E-state index contributed by atoms with van der Waals surface area (Å²) in [5, 5.41) is 20.8. The second-order valence-corrected chi connectivity index (χ2v) is 9.24. The highest BCUT2D eigenvalue weighted by molar-refractivity contribution is 8.02. The Morgan fingerprint density at radius 3 is 2.83 bits per heavy atom. The molecule has 1 aliphatic rings. The van der Waals surface area contributed by atoms with Crippen molar-refractivity contribution in [1.82, 2.24) is 10.2 Å². The topological polar surface area (TPSA) is 105 Å². The molecule has 0 aromatic carbocycles. The summed E-state index contributed by atoms with van der Waals surface area (Å²) in [5.41, 5.74) is 7.33. The van der Waals surface area contributed by atoms with E-state index in [0.29, 0.717) is 20.0 Å². The number of amides is 1. The van der Waals surface area contributed by atoms with Crippen molar-refractivity contribution in [3.63, 3.8) is 0 Å². The van der Waals surface area contributed by atoms with Crippen molar-refractivity contribution in [3.8, 4) is 6.07 Å². The SMILES string of the molecule is CC(Sc1nnc(N)s1)C(=O)Nc1sc2c(c1C#N)CCCCC2. The lowest BCUT2D eigenvalue weighted by Crippen LogP contribution is -2.22. The summed E-state index contributed by atoms with van der Waals surface area (Å²) < 4.78 is 0.664. The van der Waals surface area contributed by atoms with Gasteiger partial charge in [-0.1, -0.05) is 29.5 Å². The minimum atomic E-state index is -0.342. The Balaban J connectivity index is 1.73. The molecule has 6 nitrogen and oxygen atoms in total. The van der Waals surface area contributed by atoms with Crippen LogP contribution in [0.1, 0.15) is 42.2 Å². The molecule has 24 heavy (non-hydrogen) atoms. The van der Waals surface area contributed by atoms with Crippen molar-refractivity contribution in [2.45, 2.75) is 48.6 Å². The smallest absolute Gasteiger partial charge is 0.238 e. The molecule has 2 aromatic rings. The summed E-state index contributed by atoms with van der Waals surface area (Å²) >= 11 is 4.13. The van der Waals surface area contributed by atoms with Gasteiger partial charge in [0, 0.05) is 4.88 Å². The van der Waals surface area contributed by atoms with Gasteiger partial charge in [-0.05, 0) is 38.2 Å². The molecule has 3 rings (SSSR count).